The summed E-state index contributed by atoms with van der Waals surface area (Å²) in [6, 6.07) is 13.7. The predicted octanol–water partition coefficient (Wildman–Crippen LogP) is 3.78. The Morgan fingerprint density at radius 2 is 1.62 bits per heavy atom. The minimum atomic E-state index is -0.252. The Bertz CT molecular complexity index is 874. The number of nitrogens with zero attached hydrogens (tertiary/aromatic N) is 2. The molecule has 0 saturated carbocycles. The summed E-state index contributed by atoms with van der Waals surface area (Å²) < 4.78 is 0.879. The van der Waals surface area contributed by atoms with Gasteiger partial charge in [-0.05, 0) is 60.0 Å². The molecule has 2 amide bonds. The Labute approximate surface area is 181 Å². The molecule has 5 nitrogen and oxygen atoms in total. The fourth-order valence-corrected chi connectivity index (χ4v) is 4.07. The lowest BCUT2D eigenvalue weighted by atomic mass is 10.1. The van der Waals surface area contributed by atoms with E-state index in [1.807, 2.05) is 68.1 Å². The van der Waals surface area contributed by atoms with Crippen molar-refractivity contribution in [2.24, 2.45) is 0 Å². The van der Waals surface area contributed by atoms with Gasteiger partial charge >= 0.3 is 0 Å². The lowest BCUT2D eigenvalue weighted by Gasteiger charge is -2.37. The van der Waals surface area contributed by atoms with Crippen molar-refractivity contribution >= 4 is 33.4 Å². The first-order chi connectivity index (χ1) is 13.8. The predicted molar refractivity (Wildman–Crippen MR) is 120 cm³/mol. The van der Waals surface area contributed by atoms with Crippen LogP contribution in [0, 0.1) is 13.8 Å². The molecular weight excluding hydrogens is 430 g/mol. The van der Waals surface area contributed by atoms with Gasteiger partial charge in [0, 0.05) is 30.7 Å². The quantitative estimate of drug-likeness (QED) is 0.742. The molecule has 1 heterocycles. The summed E-state index contributed by atoms with van der Waals surface area (Å²) in [5.41, 5.74) is 4.15. The van der Waals surface area contributed by atoms with Crippen LogP contribution in [0.5, 0.6) is 0 Å². The van der Waals surface area contributed by atoms with Crippen molar-refractivity contribution in [1.29, 1.82) is 0 Å². The molecule has 1 saturated heterocycles. The number of benzene rings is 2. The third-order valence-corrected chi connectivity index (χ3v) is 6.11. The maximum atomic E-state index is 12.7. The van der Waals surface area contributed by atoms with E-state index in [9.17, 15) is 9.59 Å². The van der Waals surface area contributed by atoms with Crippen molar-refractivity contribution in [2.45, 2.75) is 33.2 Å². The van der Waals surface area contributed by atoms with Crippen molar-refractivity contribution in [1.82, 2.24) is 9.80 Å². The zero-order chi connectivity index (χ0) is 21.0. The van der Waals surface area contributed by atoms with Gasteiger partial charge in [-0.2, -0.15) is 0 Å². The van der Waals surface area contributed by atoms with Gasteiger partial charge in [0.25, 0.3) is 0 Å². The number of aryl methyl sites for hydroxylation is 2. The second kappa shape index (κ2) is 9.55. The lowest BCUT2D eigenvalue weighted by Crippen LogP contribution is -2.54. The van der Waals surface area contributed by atoms with Gasteiger partial charge in [-0.3, -0.25) is 14.5 Å². The number of amides is 2. The van der Waals surface area contributed by atoms with Crippen molar-refractivity contribution in [3.8, 4) is 0 Å². The molecule has 0 radical (unpaired) electrons. The van der Waals surface area contributed by atoms with Gasteiger partial charge in [-0.25, -0.2) is 0 Å². The minimum absolute atomic E-state index is 0.0333. The first-order valence-electron chi connectivity index (χ1n) is 9.98. The Balaban J connectivity index is 1.50. The molecule has 154 valence electrons. The Morgan fingerprint density at radius 3 is 2.24 bits per heavy atom. The first kappa shape index (κ1) is 21.5. The van der Waals surface area contributed by atoms with Crippen molar-refractivity contribution in [2.75, 3.05) is 31.5 Å². The van der Waals surface area contributed by atoms with Crippen molar-refractivity contribution in [3.63, 3.8) is 0 Å². The van der Waals surface area contributed by atoms with Gasteiger partial charge in [0.1, 0.15) is 0 Å². The van der Waals surface area contributed by atoms with E-state index in [0.717, 1.165) is 21.3 Å². The molecule has 2 aromatic carbocycles. The Hall–Kier alpha value is -2.18. The van der Waals surface area contributed by atoms with Gasteiger partial charge in [0.15, 0.2) is 0 Å². The summed E-state index contributed by atoms with van der Waals surface area (Å²) in [5, 5.41) is 3.00. The molecule has 0 aromatic heterocycles. The molecule has 0 bridgehead atoms. The largest absolute Gasteiger partial charge is 0.340 e. The number of hydrogen-bond donors (Lipinski definition) is 1. The Kier molecular flexibility index (Phi) is 7.09. The van der Waals surface area contributed by atoms with Crippen LogP contribution < -0.4 is 5.32 Å². The zero-order valence-corrected chi connectivity index (χ0v) is 18.8. The van der Waals surface area contributed by atoms with Crippen LogP contribution >= 0.6 is 15.9 Å². The number of hydrogen-bond acceptors (Lipinski definition) is 3. The van der Waals surface area contributed by atoms with Crippen LogP contribution in [0.2, 0.25) is 0 Å². The van der Waals surface area contributed by atoms with Gasteiger partial charge in [0.05, 0.1) is 18.2 Å². The molecule has 0 spiro atoms. The molecule has 1 aliphatic rings. The molecule has 1 unspecified atom stereocenters. The normalized spacial score (nSPS) is 15.8. The molecule has 1 atom stereocenters. The highest BCUT2D eigenvalue weighted by atomic mass is 79.9. The monoisotopic (exact) mass is 457 g/mol. The number of halogens is 1. The van der Waals surface area contributed by atoms with E-state index in [2.05, 4.69) is 26.1 Å². The molecule has 3 rings (SSSR count). The van der Waals surface area contributed by atoms with Gasteiger partial charge < -0.3 is 10.2 Å². The minimum Gasteiger partial charge on any atom is -0.340 e. The van der Waals surface area contributed by atoms with Gasteiger partial charge in [0.2, 0.25) is 11.8 Å². The average molecular weight is 458 g/mol. The molecule has 6 heteroatoms. The molecular formula is C23H28BrN3O2. The summed E-state index contributed by atoms with van der Waals surface area (Å²) >= 11 is 3.50. The molecule has 29 heavy (non-hydrogen) atoms. The SMILES string of the molecule is Cc1ccc(CC(=O)N2CCN(C(C)C(=O)Nc3ccc(C)cc3Br)CC2)cc1. The van der Waals surface area contributed by atoms with E-state index < -0.39 is 0 Å². The van der Waals surface area contributed by atoms with E-state index in [4.69, 9.17) is 0 Å². The summed E-state index contributed by atoms with van der Waals surface area (Å²) in [5.74, 6) is 0.114. The van der Waals surface area contributed by atoms with E-state index in [1.165, 1.54) is 5.56 Å². The molecule has 1 N–H and O–H groups in total. The van der Waals surface area contributed by atoms with Crippen LogP contribution in [0.1, 0.15) is 23.6 Å². The number of anilines is 1. The molecule has 0 aliphatic carbocycles. The first-order valence-corrected chi connectivity index (χ1v) is 10.8. The second-order valence-electron chi connectivity index (χ2n) is 7.73. The van der Waals surface area contributed by atoms with Crippen LogP contribution in [0.25, 0.3) is 0 Å². The van der Waals surface area contributed by atoms with Crippen molar-refractivity contribution in [3.05, 3.63) is 63.6 Å². The Morgan fingerprint density at radius 1 is 1.00 bits per heavy atom. The van der Waals surface area contributed by atoms with Crippen LogP contribution in [0.15, 0.2) is 46.9 Å². The van der Waals surface area contributed by atoms with Crippen LogP contribution in [0.3, 0.4) is 0 Å². The third kappa shape index (κ3) is 5.67. The summed E-state index contributed by atoms with van der Waals surface area (Å²) in [6.07, 6.45) is 0.428. The third-order valence-electron chi connectivity index (χ3n) is 5.45. The standard InChI is InChI=1S/C23H28BrN3O2/c1-16-4-7-19(8-5-16)15-22(28)27-12-10-26(11-13-27)18(3)23(29)25-21-9-6-17(2)14-20(21)24/h4-9,14,18H,10-13,15H2,1-3H3,(H,25,29). The highest BCUT2D eigenvalue weighted by molar-refractivity contribution is 9.10. The van der Waals surface area contributed by atoms with Crippen LogP contribution in [0.4, 0.5) is 5.69 Å². The van der Waals surface area contributed by atoms with Crippen LogP contribution in [-0.2, 0) is 16.0 Å². The summed E-state index contributed by atoms with van der Waals surface area (Å²) in [6.45, 7) is 8.67. The number of carbonyl (C=O) groups is 2. The number of nitrogens with one attached hydrogen (secondary N) is 1. The number of rotatable bonds is 5. The fraction of sp³-hybridized carbons (Fsp3) is 0.391. The molecule has 1 fully saturated rings. The lowest BCUT2D eigenvalue weighted by molar-refractivity contribution is -0.133. The highest BCUT2D eigenvalue weighted by Gasteiger charge is 2.27. The fourth-order valence-electron chi connectivity index (χ4n) is 3.48. The van der Waals surface area contributed by atoms with Crippen LogP contribution in [-0.4, -0.2) is 53.8 Å². The smallest absolute Gasteiger partial charge is 0.241 e. The van der Waals surface area contributed by atoms with Crippen molar-refractivity contribution < 1.29 is 9.59 Å². The second-order valence-corrected chi connectivity index (χ2v) is 8.58. The van der Waals surface area contributed by atoms with E-state index in [-0.39, 0.29) is 17.9 Å². The van der Waals surface area contributed by atoms with Gasteiger partial charge in [-0.15, -0.1) is 0 Å². The zero-order valence-electron chi connectivity index (χ0n) is 17.2. The van der Waals surface area contributed by atoms with E-state index in [0.29, 0.717) is 32.6 Å². The highest BCUT2D eigenvalue weighted by Crippen LogP contribution is 2.24. The number of carbonyl (C=O) groups excluding carboxylic acids is 2. The summed E-state index contributed by atoms with van der Waals surface area (Å²) in [4.78, 5) is 29.3. The maximum Gasteiger partial charge on any atom is 0.241 e. The maximum absolute atomic E-state index is 12.7. The molecule has 1 aliphatic heterocycles. The number of piperazine rings is 1. The molecule has 2 aromatic rings. The average Bonchev–Trinajstić information content (AvgIpc) is 2.71. The van der Waals surface area contributed by atoms with E-state index >= 15 is 0 Å². The summed E-state index contributed by atoms with van der Waals surface area (Å²) in [7, 11) is 0. The van der Waals surface area contributed by atoms with E-state index in [1.54, 1.807) is 0 Å². The topological polar surface area (TPSA) is 52.7 Å². The van der Waals surface area contributed by atoms with Gasteiger partial charge in [-0.1, -0.05) is 35.9 Å².